The van der Waals surface area contributed by atoms with Crippen molar-refractivity contribution in [1.29, 1.82) is 0 Å². The normalized spacial score (nSPS) is 24.4. The molecule has 146 valence electrons. The lowest BCUT2D eigenvalue weighted by molar-refractivity contribution is -0.133. The van der Waals surface area contributed by atoms with Gasteiger partial charge >= 0.3 is 0 Å². The smallest absolute Gasteiger partial charge is 0.223 e. The molecule has 2 fully saturated rings. The number of aromatic nitrogens is 2. The Hall–Kier alpha value is -1.88. The van der Waals surface area contributed by atoms with Gasteiger partial charge in [0.05, 0.1) is 17.1 Å². The van der Waals surface area contributed by atoms with Gasteiger partial charge in [-0.3, -0.25) is 4.79 Å². The number of likely N-dealkylation sites (tertiary alicyclic amines) is 1. The summed E-state index contributed by atoms with van der Waals surface area (Å²) in [5.41, 5.74) is 2.21. The van der Waals surface area contributed by atoms with Crippen LogP contribution in [0.4, 0.5) is 0 Å². The first-order chi connectivity index (χ1) is 13.2. The fourth-order valence-electron chi connectivity index (χ4n) is 4.94. The molecule has 1 amide bonds. The summed E-state index contributed by atoms with van der Waals surface area (Å²) >= 11 is 0. The number of carbonyl (C=O) groups excluding carboxylic acids is 1. The van der Waals surface area contributed by atoms with E-state index in [1.165, 1.54) is 18.4 Å². The average Bonchev–Trinajstić information content (AvgIpc) is 3.32. The third-order valence-electron chi connectivity index (χ3n) is 6.51. The molecule has 0 radical (unpaired) electrons. The molecule has 2 aliphatic rings. The molecular formula is C22H32N4O. The number of imidazole rings is 1. The summed E-state index contributed by atoms with van der Waals surface area (Å²) in [6, 6.07) is 8.44. The lowest BCUT2D eigenvalue weighted by Crippen LogP contribution is -2.37. The lowest BCUT2D eigenvalue weighted by Gasteiger charge is -2.31. The molecule has 27 heavy (non-hydrogen) atoms. The van der Waals surface area contributed by atoms with Gasteiger partial charge in [0.2, 0.25) is 5.91 Å². The molecule has 3 heterocycles. The van der Waals surface area contributed by atoms with Crippen molar-refractivity contribution in [2.75, 3.05) is 19.6 Å². The summed E-state index contributed by atoms with van der Waals surface area (Å²) in [7, 11) is 0. The maximum absolute atomic E-state index is 13.2. The second kappa shape index (κ2) is 8.01. The summed E-state index contributed by atoms with van der Waals surface area (Å²) in [5.74, 6) is 2.45. The highest BCUT2D eigenvalue weighted by Gasteiger charge is 2.34. The minimum Gasteiger partial charge on any atom is -0.332 e. The van der Waals surface area contributed by atoms with Gasteiger partial charge in [-0.1, -0.05) is 19.1 Å². The largest absolute Gasteiger partial charge is 0.332 e. The van der Waals surface area contributed by atoms with Gasteiger partial charge in [0.25, 0.3) is 0 Å². The van der Waals surface area contributed by atoms with E-state index in [0.29, 0.717) is 24.2 Å². The Bertz CT molecular complexity index is 793. The van der Waals surface area contributed by atoms with Crippen LogP contribution in [0.2, 0.25) is 0 Å². The molecule has 0 bridgehead atoms. The van der Waals surface area contributed by atoms with Gasteiger partial charge < -0.3 is 14.8 Å². The van der Waals surface area contributed by atoms with Crippen LogP contribution in [-0.4, -0.2) is 40.0 Å². The van der Waals surface area contributed by atoms with Crippen LogP contribution in [-0.2, 0) is 11.3 Å². The molecule has 2 aliphatic heterocycles. The zero-order valence-electron chi connectivity index (χ0n) is 16.7. The predicted octanol–water partition coefficient (Wildman–Crippen LogP) is 3.75. The average molecular weight is 369 g/mol. The summed E-state index contributed by atoms with van der Waals surface area (Å²) in [4.78, 5) is 20.2. The van der Waals surface area contributed by atoms with Crippen molar-refractivity contribution in [3.63, 3.8) is 0 Å². The number of hydrogen-bond acceptors (Lipinski definition) is 3. The molecule has 5 heteroatoms. The van der Waals surface area contributed by atoms with Gasteiger partial charge in [0, 0.05) is 19.5 Å². The van der Waals surface area contributed by atoms with E-state index in [-0.39, 0.29) is 6.04 Å². The van der Waals surface area contributed by atoms with Crippen molar-refractivity contribution < 1.29 is 4.79 Å². The Morgan fingerprint density at radius 3 is 2.93 bits per heavy atom. The summed E-state index contributed by atoms with van der Waals surface area (Å²) in [6.07, 6.45) is 5.24. The Morgan fingerprint density at radius 1 is 1.30 bits per heavy atom. The van der Waals surface area contributed by atoms with Crippen LogP contribution in [0.5, 0.6) is 0 Å². The molecule has 2 saturated heterocycles. The first-order valence-corrected chi connectivity index (χ1v) is 10.6. The molecule has 3 atom stereocenters. The predicted molar refractivity (Wildman–Crippen MR) is 108 cm³/mol. The number of benzene rings is 1. The highest BCUT2D eigenvalue weighted by atomic mass is 16.2. The third kappa shape index (κ3) is 3.62. The Balaban J connectivity index is 1.53. The summed E-state index contributed by atoms with van der Waals surface area (Å²) in [6.45, 7) is 8.35. The Morgan fingerprint density at radius 2 is 2.15 bits per heavy atom. The van der Waals surface area contributed by atoms with Crippen molar-refractivity contribution in [2.45, 2.75) is 58.5 Å². The molecule has 0 spiro atoms. The molecule has 0 saturated carbocycles. The van der Waals surface area contributed by atoms with Crippen LogP contribution >= 0.6 is 0 Å². The van der Waals surface area contributed by atoms with Crippen LogP contribution < -0.4 is 5.32 Å². The number of fused-ring (bicyclic) bond motifs is 1. The Kier molecular flexibility index (Phi) is 5.48. The van der Waals surface area contributed by atoms with Crippen molar-refractivity contribution in [3.8, 4) is 0 Å². The second-order valence-corrected chi connectivity index (χ2v) is 8.24. The van der Waals surface area contributed by atoms with E-state index in [4.69, 9.17) is 4.98 Å². The van der Waals surface area contributed by atoms with Gasteiger partial charge in [-0.15, -0.1) is 0 Å². The molecular weight excluding hydrogens is 336 g/mol. The first-order valence-electron chi connectivity index (χ1n) is 10.6. The number of piperidine rings is 1. The van der Waals surface area contributed by atoms with E-state index < -0.39 is 0 Å². The lowest BCUT2D eigenvalue weighted by atomic mass is 9.85. The molecule has 1 aromatic heterocycles. The quantitative estimate of drug-likeness (QED) is 0.874. The second-order valence-electron chi connectivity index (χ2n) is 8.24. The van der Waals surface area contributed by atoms with E-state index >= 15 is 0 Å². The van der Waals surface area contributed by atoms with E-state index in [1.807, 2.05) is 6.07 Å². The Labute approximate surface area is 162 Å². The maximum atomic E-state index is 13.2. The topological polar surface area (TPSA) is 50.2 Å². The maximum Gasteiger partial charge on any atom is 0.223 e. The number of para-hydroxylation sites is 2. The summed E-state index contributed by atoms with van der Waals surface area (Å²) < 4.78 is 2.29. The first kappa shape index (κ1) is 18.5. The number of nitrogens with one attached hydrogen (secondary N) is 1. The number of nitrogens with zero attached hydrogens (tertiary/aromatic N) is 3. The van der Waals surface area contributed by atoms with E-state index in [0.717, 1.165) is 50.4 Å². The van der Waals surface area contributed by atoms with Crippen molar-refractivity contribution in [3.05, 3.63) is 30.1 Å². The number of rotatable bonds is 5. The molecule has 5 nitrogen and oxygen atoms in total. The molecule has 1 aromatic carbocycles. The van der Waals surface area contributed by atoms with Crippen LogP contribution in [0, 0.1) is 11.8 Å². The standard InChI is InChI=1S/C22H32N4O/c1-3-25-19-10-5-4-9-18(19)24-22(25)20-11-7-13-26(20)21(27)14-16(2)17-8-6-12-23-15-17/h4-5,9-10,16-17,20,23H,3,6-8,11-15H2,1-2H3. The van der Waals surface area contributed by atoms with Crippen LogP contribution in [0.1, 0.15) is 57.8 Å². The third-order valence-corrected chi connectivity index (χ3v) is 6.51. The number of hydrogen-bond donors (Lipinski definition) is 1. The highest BCUT2D eigenvalue weighted by Crippen LogP contribution is 2.35. The molecule has 1 N–H and O–H groups in total. The van der Waals surface area contributed by atoms with E-state index in [9.17, 15) is 4.79 Å². The molecule has 0 aliphatic carbocycles. The fraction of sp³-hybridized carbons (Fsp3) is 0.636. The van der Waals surface area contributed by atoms with E-state index in [1.54, 1.807) is 0 Å². The summed E-state index contributed by atoms with van der Waals surface area (Å²) in [5, 5.41) is 3.48. The van der Waals surface area contributed by atoms with E-state index in [2.05, 4.69) is 46.8 Å². The SMILES string of the molecule is CCn1c(C2CCCN2C(=O)CC(C)C2CCCNC2)nc2ccccc21. The van der Waals surface area contributed by atoms with Gasteiger partial charge in [-0.05, 0) is 69.7 Å². The minimum absolute atomic E-state index is 0.126. The number of amides is 1. The van der Waals surface area contributed by atoms with Gasteiger partial charge in [0.1, 0.15) is 5.82 Å². The zero-order valence-corrected chi connectivity index (χ0v) is 16.7. The number of aryl methyl sites for hydroxylation is 1. The van der Waals surface area contributed by atoms with Crippen LogP contribution in [0.25, 0.3) is 11.0 Å². The zero-order chi connectivity index (χ0) is 18.8. The van der Waals surface area contributed by atoms with Crippen LogP contribution in [0.3, 0.4) is 0 Å². The van der Waals surface area contributed by atoms with Gasteiger partial charge in [0.15, 0.2) is 0 Å². The monoisotopic (exact) mass is 368 g/mol. The highest BCUT2D eigenvalue weighted by molar-refractivity contribution is 5.78. The van der Waals surface area contributed by atoms with Gasteiger partial charge in [-0.25, -0.2) is 4.98 Å². The van der Waals surface area contributed by atoms with Crippen molar-refractivity contribution in [2.24, 2.45) is 11.8 Å². The fourth-order valence-corrected chi connectivity index (χ4v) is 4.94. The van der Waals surface area contributed by atoms with Gasteiger partial charge in [-0.2, -0.15) is 0 Å². The van der Waals surface area contributed by atoms with Crippen LogP contribution in [0.15, 0.2) is 24.3 Å². The van der Waals surface area contributed by atoms with Crippen molar-refractivity contribution in [1.82, 2.24) is 19.8 Å². The molecule has 4 rings (SSSR count). The molecule has 3 unspecified atom stereocenters. The minimum atomic E-state index is 0.126. The molecule has 2 aromatic rings. The number of carbonyl (C=O) groups is 1. The van der Waals surface area contributed by atoms with Crippen molar-refractivity contribution >= 4 is 16.9 Å².